The van der Waals surface area contributed by atoms with Crippen LogP contribution in [0.5, 0.6) is 11.5 Å². The second-order valence-electron chi connectivity index (χ2n) is 6.36. The molecule has 156 valence electrons. The van der Waals surface area contributed by atoms with Crippen molar-refractivity contribution in [1.82, 2.24) is 0 Å². The van der Waals surface area contributed by atoms with Gasteiger partial charge in [-0.1, -0.05) is 35.9 Å². The average molecular weight is 440 g/mol. The SMILES string of the molecule is O=C(Oc1ccc(OC(=O)c2ccc(B(O)O)cc2)c(Cl)c1)c1ccc(B(O)O)cc1. The minimum atomic E-state index is -1.64. The van der Waals surface area contributed by atoms with Gasteiger partial charge >= 0.3 is 26.2 Å². The number of hydrogen-bond donors (Lipinski definition) is 4. The Morgan fingerprint density at radius 2 is 1.13 bits per heavy atom. The largest absolute Gasteiger partial charge is 0.488 e. The highest BCUT2D eigenvalue weighted by Crippen LogP contribution is 2.30. The molecule has 0 bridgehead atoms. The standard InChI is InChI=1S/C20H15B2ClO8/c23-17-11-16(30-19(24)12-1-5-14(6-2-12)21(26)27)9-10-18(17)31-20(25)13-3-7-15(8-4-13)22(28)29/h1-11,26-29H. The monoisotopic (exact) mass is 440 g/mol. The lowest BCUT2D eigenvalue weighted by Gasteiger charge is -2.09. The van der Waals surface area contributed by atoms with Crippen LogP contribution in [0, 0.1) is 0 Å². The molecule has 31 heavy (non-hydrogen) atoms. The van der Waals surface area contributed by atoms with Crippen molar-refractivity contribution in [2.75, 3.05) is 0 Å². The van der Waals surface area contributed by atoms with Crippen molar-refractivity contribution in [3.63, 3.8) is 0 Å². The number of carbonyl (C=O) groups is 2. The fraction of sp³-hybridized carbons (Fsp3) is 0. The van der Waals surface area contributed by atoms with E-state index in [0.717, 1.165) is 0 Å². The van der Waals surface area contributed by atoms with Gasteiger partial charge in [-0.05, 0) is 47.3 Å². The third-order valence-electron chi connectivity index (χ3n) is 4.21. The van der Waals surface area contributed by atoms with Crippen LogP contribution in [0.3, 0.4) is 0 Å². The van der Waals surface area contributed by atoms with Gasteiger partial charge in [-0.2, -0.15) is 0 Å². The first-order chi connectivity index (χ1) is 14.7. The van der Waals surface area contributed by atoms with Crippen LogP contribution >= 0.6 is 11.6 Å². The van der Waals surface area contributed by atoms with Crippen molar-refractivity contribution in [3.05, 3.63) is 82.9 Å². The van der Waals surface area contributed by atoms with E-state index in [2.05, 4.69) is 0 Å². The number of hydrogen-bond acceptors (Lipinski definition) is 8. The summed E-state index contributed by atoms with van der Waals surface area (Å²) in [5, 5.41) is 36.4. The van der Waals surface area contributed by atoms with Gasteiger partial charge in [0.05, 0.1) is 16.1 Å². The molecule has 0 aromatic heterocycles. The van der Waals surface area contributed by atoms with Crippen LogP contribution in [0.25, 0.3) is 0 Å². The van der Waals surface area contributed by atoms with Gasteiger partial charge in [0, 0.05) is 6.07 Å². The normalized spacial score (nSPS) is 10.4. The van der Waals surface area contributed by atoms with Gasteiger partial charge in [-0.15, -0.1) is 0 Å². The Hall–Kier alpha value is -3.14. The van der Waals surface area contributed by atoms with Gasteiger partial charge in [0.2, 0.25) is 0 Å². The van der Waals surface area contributed by atoms with Gasteiger partial charge in [-0.3, -0.25) is 0 Å². The van der Waals surface area contributed by atoms with Crippen LogP contribution in [-0.4, -0.2) is 46.3 Å². The lowest BCUT2D eigenvalue weighted by atomic mass is 9.80. The van der Waals surface area contributed by atoms with E-state index in [1.54, 1.807) is 0 Å². The van der Waals surface area contributed by atoms with Gasteiger partial charge in [0.1, 0.15) is 11.5 Å². The van der Waals surface area contributed by atoms with Crippen LogP contribution in [0.2, 0.25) is 5.02 Å². The highest BCUT2D eigenvalue weighted by Gasteiger charge is 2.17. The smallest absolute Gasteiger partial charge is 0.423 e. The zero-order valence-electron chi connectivity index (χ0n) is 15.8. The van der Waals surface area contributed by atoms with Gasteiger partial charge in [0.15, 0.2) is 0 Å². The average Bonchev–Trinajstić information content (AvgIpc) is 2.75. The van der Waals surface area contributed by atoms with Crippen molar-refractivity contribution < 1.29 is 39.2 Å². The summed E-state index contributed by atoms with van der Waals surface area (Å²) in [5.74, 6) is -1.25. The van der Waals surface area contributed by atoms with Gasteiger partial charge < -0.3 is 29.6 Å². The molecule has 3 aromatic rings. The molecule has 4 N–H and O–H groups in total. The quantitative estimate of drug-likeness (QED) is 0.242. The van der Waals surface area contributed by atoms with Crippen molar-refractivity contribution in [1.29, 1.82) is 0 Å². The molecule has 0 fully saturated rings. The zero-order valence-corrected chi connectivity index (χ0v) is 16.6. The van der Waals surface area contributed by atoms with Crippen LogP contribution in [0.4, 0.5) is 0 Å². The lowest BCUT2D eigenvalue weighted by Crippen LogP contribution is -2.29. The molecule has 0 spiro atoms. The maximum atomic E-state index is 12.2. The minimum Gasteiger partial charge on any atom is -0.423 e. The molecule has 3 aromatic carbocycles. The summed E-state index contributed by atoms with van der Waals surface area (Å²) >= 11 is 6.12. The summed E-state index contributed by atoms with van der Waals surface area (Å²) in [6, 6.07) is 15.1. The summed E-state index contributed by atoms with van der Waals surface area (Å²) in [6.07, 6.45) is 0. The summed E-state index contributed by atoms with van der Waals surface area (Å²) < 4.78 is 10.5. The third kappa shape index (κ3) is 5.72. The second-order valence-corrected chi connectivity index (χ2v) is 6.77. The lowest BCUT2D eigenvalue weighted by molar-refractivity contribution is 0.0719. The molecule has 0 radical (unpaired) electrons. The summed E-state index contributed by atoms with van der Waals surface area (Å²) in [7, 11) is -3.28. The summed E-state index contributed by atoms with van der Waals surface area (Å²) in [6.45, 7) is 0. The molecule has 0 aliphatic heterocycles. The van der Waals surface area contributed by atoms with E-state index < -0.39 is 26.2 Å². The Balaban J connectivity index is 1.66. The van der Waals surface area contributed by atoms with Gasteiger partial charge in [0.25, 0.3) is 0 Å². The zero-order chi connectivity index (χ0) is 22.5. The molecule has 0 aliphatic rings. The first-order valence-electron chi connectivity index (χ1n) is 8.90. The molecular weight excluding hydrogens is 425 g/mol. The van der Waals surface area contributed by atoms with E-state index in [0.29, 0.717) is 0 Å². The Morgan fingerprint density at radius 1 is 0.677 bits per heavy atom. The highest BCUT2D eigenvalue weighted by atomic mass is 35.5. The number of halogens is 1. The molecule has 0 heterocycles. The van der Waals surface area contributed by atoms with Gasteiger partial charge in [-0.25, -0.2) is 9.59 Å². The maximum absolute atomic E-state index is 12.2. The fourth-order valence-corrected chi connectivity index (χ4v) is 2.74. The number of benzene rings is 3. The first kappa shape index (κ1) is 22.5. The number of ether oxygens (including phenoxy) is 2. The molecule has 3 rings (SSSR count). The summed E-state index contributed by atoms with van der Waals surface area (Å²) in [4.78, 5) is 24.5. The van der Waals surface area contributed by atoms with E-state index in [9.17, 15) is 9.59 Å². The highest BCUT2D eigenvalue weighted by molar-refractivity contribution is 6.58. The molecule has 0 amide bonds. The van der Waals surface area contributed by atoms with Crippen LogP contribution in [-0.2, 0) is 0 Å². The number of esters is 2. The second kappa shape index (κ2) is 9.78. The van der Waals surface area contributed by atoms with Crippen molar-refractivity contribution >= 4 is 48.7 Å². The topological polar surface area (TPSA) is 134 Å². The fourth-order valence-electron chi connectivity index (χ4n) is 2.54. The minimum absolute atomic E-state index is 0.0276. The molecule has 11 heteroatoms. The Morgan fingerprint density at radius 3 is 1.55 bits per heavy atom. The summed E-state index contributed by atoms with van der Waals surface area (Å²) in [5.41, 5.74) is 0.816. The van der Waals surface area contributed by atoms with E-state index >= 15 is 0 Å². The predicted octanol–water partition coefficient (Wildman–Crippen LogP) is 0.138. The van der Waals surface area contributed by atoms with Crippen LogP contribution < -0.4 is 20.4 Å². The Bertz CT molecular complexity index is 1090. The van der Waals surface area contributed by atoms with Crippen molar-refractivity contribution in [2.45, 2.75) is 0 Å². The maximum Gasteiger partial charge on any atom is 0.488 e. The molecule has 0 unspecified atom stereocenters. The molecule has 0 saturated carbocycles. The molecular formula is C20H15B2ClO8. The van der Waals surface area contributed by atoms with Crippen molar-refractivity contribution in [3.8, 4) is 11.5 Å². The van der Waals surface area contributed by atoms with E-state index in [-0.39, 0.29) is 38.6 Å². The van der Waals surface area contributed by atoms with E-state index in [4.69, 9.17) is 41.2 Å². The molecule has 0 atom stereocenters. The third-order valence-corrected chi connectivity index (χ3v) is 4.50. The molecule has 0 saturated heterocycles. The first-order valence-corrected chi connectivity index (χ1v) is 9.28. The van der Waals surface area contributed by atoms with Crippen molar-refractivity contribution in [2.24, 2.45) is 0 Å². The van der Waals surface area contributed by atoms with E-state index in [1.807, 2.05) is 0 Å². The van der Waals surface area contributed by atoms with Crippen LogP contribution in [0.15, 0.2) is 66.7 Å². The van der Waals surface area contributed by atoms with E-state index in [1.165, 1.54) is 66.7 Å². The Labute approximate surface area is 182 Å². The predicted molar refractivity (Wildman–Crippen MR) is 114 cm³/mol. The Kier molecular flexibility index (Phi) is 7.11. The number of carbonyl (C=O) groups excluding carboxylic acids is 2. The van der Waals surface area contributed by atoms with Crippen LogP contribution in [0.1, 0.15) is 20.7 Å². The molecule has 0 aliphatic carbocycles. The molecule has 8 nitrogen and oxygen atoms in total. The number of rotatable bonds is 6.